The van der Waals surface area contributed by atoms with Crippen molar-refractivity contribution in [3.05, 3.63) is 0 Å². The summed E-state index contributed by atoms with van der Waals surface area (Å²) in [5.41, 5.74) is 3.66. The van der Waals surface area contributed by atoms with E-state index in [9.17, 15) is 14.4 Å². The SMILES string of the molecule is CCN(CC(N)=O)C(=O)N(C)C(C)(C)C(=O)O. The van der Waals surface area contributed by atoms with Gasteiger partial charge < -0.3 is 20.6 Å². The average molecular weight is 245 g/mol. The van der Waals surface area contributed by atoms with Crippen molar-refractivity contribution >= 4 is 17.9 Å². The number of carboxylic acids is 1. The van der Waals surface area contributed by atoms with E-state index in [1.807, 2.05) is 0 Å². The number of nitrogens with zero attached hydrogens (tertiary/aromatic N) is 2. The number of likely N-dealkylation sites (N-methyl/N-ethyl adjacent to an activating group) is 2. The quantitative estimate of drug-likeness (QED) is 0.694. The fraction of sp³-hybridized carbons (Fsp3) is 0.700. The predicted octanol–water partition coefficient (Wildman–Crippen LogP) is -0.291. The second kappa shape index (κ2) is 5.51. The summed E-state index contributed by atoms with van der Waals surface area (Å²) in [5.74, 6) is -1.76. The summed E-state index contributed by atoms with van der Waals surface area (Å²) in [7, 11) is 1.38. The molecule has 7 nitrogen and oxygen atoms in total. The number of carbonyl (C=O) groups is 3. The summed E-state index contributed by atoms with van der Waals surface area (Å²) in [4.78, 5) is 36.0. The van der Waals surface area contributed by atoms with Gasteiger partial charge >= 0.3 is 12.0 Å². The molecule has 3 N–H and O–H groups in total. The minimum absolute atomic E-state index is 0.227. The number of carboxylic acid groups (broad SMARTS) is 1. The Bertz CT molecular complexity index is 328. The lowest BCUT2D eigenvalue weighted by atomic mass is 10.0. The van der Waals surface area contributed by atoms with Crippen LogP contribution in [-0.4, -0.2) is 58.5 Å². The van der Waals surface area contributed by atoms with Gasteiger partial charge in [0.25, 0.3) is 0 Å². The zero-order valence-electron chi connectivity index (χ0n) is 10.6. The van der Waals surface area contributed by atoms with Gasteiger partial charge in [-0.05, 0) is 20.8 Å². The highest BCUT2D eigenvalue weighted by Crippen LogP contribution is 2.14. The first-order valence-corrected chi connectivity index (χ1v) is 5.19. The molecule has 17 heavy (non-hydrogen) atoms. The van der Waals surface area contributed by atoms with Crippen LogP contribution in [0.2, 0.25) is 0 Å². The molecule has 0 radical (unpaired) electrons. The van der Waals surface area contributed by atoms with Gasteiger partial charge in [-0.2, -0.15) is 0 Å². The van der Waals surface area contributed by atoms with Gasteiger partial charge in [-0.3, -0.25) is 4.79 Å². The number of urea groups is 1. The number of carbonyl (C=O) groups excluding carboxylic acids is 2. The van der Waals surface area contributed by atoms with Crippen LogP contribution in [0.15, 0.2) is 0 Å². The van der Waals surface area contributed by atoms with Crippen LogP contribution in [0.5, 0.6) is 0 Å². The van der Waals surface area contributed by atoms with Crippen molar-refractivity contribution in [2.45, 2.75) is 26.3 Å². The van der Waals surface area contributed by atoms with E-state index in [-0.39, 0.29) is 13.1 Å². The van der Waals surface area contributed by atoms with E-state index in [4.69, 9.17) is 10.8 Å². The Labute approximate surface area is 100 Å². The predicted molar refractivity (Wildman–Crippen MR) is 61.3 cm³/mol. The van der Waals surface area contributed by atoms with Crippen molar-refractivity contribution in [1.82, 2.24) is 9.80 Å². The molecule has 0 bridgehead atoms. The highest BCUT2D eigenvalue weighted by molar-refractivity contribution is 5.87. The van der Waals surface area contributed by atoms with Gasteiger partial charge in [-0.15, -0.1) is 0 Å². The first-order valence-electron chi connectivity index (χ1n) is 5.19. The Hall–Kier alpha value is -1.79. The third-order valence-corrected chi connectivity index (χ3v) is 2.65. The molecule has 0 aromatic heterocycles. The molecule has 0 heterocycles. The number of hydrogen-bond acceptors (Lipinski definition) is 3. The maximum atomic E-state index is 11.9. The van der Waals surface area contributed by atoms with Crippen LogP contribution in [0.25, 0.3) is 0 Å². The zero-order chi connectivity index (χ0) is 13.8. The Morgan fingerprint density at radius 2 is 1.76 bits per heavy atom. The highest BCUT2D eigenvalue weighted by atomic mass is 16.4. The largest absolute Gasteiger partial charge is 0.480 e. The van der Waals surface area contributed by atoms with Gasteiger partial charge in [-0.25, -0.2) is 9.59 Å². The average Bonchev–Trinajstić information content (AvgIpc) is 2.23. The van der Waals surface area contributed by atoms with E-state index in [1.54, 1.807) is 6.92 Å². The fourth-order valence-corrected chi connectivity index (χ4v) is 1.10. The molecule has 0 saturated heterocycles. The normalized spacial score (nSPS) is 10.8. The van der Waals surface area contributed by atoms with Gasteiger partial charge in [0.1, 0.15) is 12.1 Å². The Balaban J connectivity index is 4.90. The van der Waals surface area contributed by atoms with Crippen molar-refractivity contribution in [2.75, 3.05) is 20.1 Å². The number of rotatable bonds is 5. The molecule has 0 aliphatic rings. The monoisotopic (exact) mass is 245 g/mol. The van der Waals surface area contributed by atoms with Crippen LogP contribution in [0, 0.1) is 0 Å². The molecule has 7 heteroatoms. The molecule has 0 spiro atoms. The summed E-state index contributed by atoms with van der Waals surface area (Å²) in [5, 5.41) is 8.99. The molecule has 98 valence electrons. The van der Waals surface area contributed by atoms with Crippen LogP contribution in [0.1, 0.15) is 20.8 Å². The van der Waals surface area contributed by atoms with Crippen LogP contribution in [-0.2, 0) is 9.59 Å². The smallest absolute Gasteiger partial charge is 0.329 e. The summed E-state index contributed by atoms with van der Waals surface area (Å²) in [6, 6.07) is -0.543. The first-order chi connectivity index (χ1) is 7.64. The van der Waals surface area contributed by atoms with E-state index >= 15 is 0 Å². The Kier molecular flexibility index (Phi) is 4.93. The van der Waals surface area contributed by atoms with E-state index in [0.29, 0.717) is 0 Å². The van der Waals surface area contributed by atoms with Crippen molar-refractivity contribution in [3.63, 3.8) is 0 Å². The van der Waals surface area contributed by atoms with Gasteiger partial charge in [0.2, 0.25) is 5.91 Å². The molecular formula is C10H19N3O4. The number of amides is 3. The van der Waals surface area contributed by atoms with E-state index < -0.39 is 23.4 Å². The zero-order valence-corrected chi connectivity index (χ0v) is 10.6. The van der Waals surface area contributed by atoms with Crippen LogP contribution in [0.3, 0.4) is 0 Å². The van der Waals surface area contributed by atoms with E-state index in [1.165, 1.54) is 25.8 Å². The fourth-order valence-electron chi connectivity index (χ4n) is 1.10. The maximum Gasteiger partial charge on any atom is 0.329 e. The lowest BCUT2D eigenvalue weighted by molar-refractivity contribution is -0.147. The third-order valence-electron chi connectivity index (χ3n) is 2.65. The summed E-state index contributed by atoms with van der Waals surface area (Å²) < 4.78 is 0. The molecule has 0 saturated carbocycles. The number of aliphatic carboxylic acids is 1. The van der Waals surface area contributed by atoms with E-state index in [0.717, 1.165) is 4.90 Å². The van der Waals surface area contributed by atoms with Gasteiger partial charge in [0, 0.05) is 13.6 Å². The summed E-state index contributed by atoms with van der Waals surface area (Å²) >= 11 is 0. The van der Waals surface area contributed by atoms with Gasteiger partial charge in [-0.1, -0.05) is 0 Å². The standard InChI is InChI=1S/C10H19N3O4/c1-5-13(6-7(11)14)9(17)12(4)10(2,3)8(15)16/h5-6H2,1-4H3,(H2,11,14)(H,15,16). The minimum Gasteiger partial charge on any atom is -0.480 e. The van der Waals surface area contributed by atoms with Crippen LogP contribution >= 0.6 is 0 Å². The number of hydrogen-bond donors (Lipinski definition) is 2. The molecule has 0 aliphatic carbocycles. The van der Waals surface area contributed by atoms with Gasteiger partial charge in [0.15, 0.2) is 0 Å². The highest BCUT2D eigenvalue weighted by Gasteiger charge is 2.37. The van der Waals surface area contributed by atoms with Crippen molar-refractivity contribution in [2.24, 2.45) is 5.73 Å². The maximum absolute atomic E-state index is 11.9. The molecule has 3 amide bonds. The Morgan fingerprint density at radius 3 is 2.06 bits per heavy atom. The second-order valence-corrected chi connectivity index (χ2v) is 4.19. The third kappa shape index (κ3) is 3.61. The molecular weight excluding hydrogens is 226 g/mol. The van der Waals surface area contributed by atoms with Crippen LogP contribution < -0.4 is 5.73 Å². The molecule has 0 aliphatic heterocycles. The molecule has 0 fully saturated rings. The summed E-state index contributed by atoms with van der Waals surface area (Å²) in [6.45, 7) is 4.55. The molecule has 0 unspecified atom stereocenters. The molecule has 0 rings (SSSR count). The molecule has 0 aromatic carbocycles. The lowest BCUT2D eigenvalue weighted by Gasteiger charge is -2.35. The van der Waals surface area contributed by atoms with Crippen molar-refractivity contribution < 1.29 is 19.5 Å². The lowest BCUT2D eigenvalue weighted by Crippen LogP contribution is -2.56. The Morgan fingerprint density at radius 1 is 1.29 bits per heavy atom. The van der Waals surface area contributed by atoms with Crippen molar-refractivity contribution in [3.8, 4) is 0 Å². The van der Waals surface area contributed by atoms with Gasteiger partial charge in [0.05, 0.1) is 0 Å². The topological polar surface area (TPSA) is 104 Å². The number of primary amides is 1. The molecule has 0 aromatic rings. The van der Waals surface area contributed by atoms with Crippen LogP contribution in [0.4, 0.5) is 4.79 Å². The number of nitrogens with two attached hydrogens (primary N) is 1. The van der Waals surface area contributed by atoms with Crippen molar-refractivity contribution in [1.29, 1.82) is 0 Å². The summed E-state index contributed by atoms with van der Waals surface area (Å²) in [6.07, 6.45) is 0. The first kappa shape index (κ1) is 15.2. The second-order valence-electron chi connectivity index (χ2n) is 4.19. The molecule has 0 atom stereocenters. The minimum atomic E-state index is -1.35. The van der Waals surface area contributed by atoms with E-state index in [2.05, 4.69) is 0 Å².